The van der Waals surface area contributed by atoms with E-state index in [-0.39, 0.29) is 18.3 Å². The van der Waals surface area contributed by atoms with Crippen LogP contribution in [0.15, 0.2) is 28.8 Å². The van der Waals surface area contributed by atoms with Gasteiger partial charge in [-0.2, -0.15) is 0 Å². The maximum Gasteiger partial charge on any atom is 0.239 e. The topological polar surface area (TPSA) is 74.2 Å². The number of anilines is 1. The van der Waals surface area contributed by atoms with Crippen LogP contribution >= 0.6 is 0 Å². The fourth-order valence-corrected chi connectivity index (χ4v) is 3.44. The van der Waals surface area contributed by atoms with Gasteiger partial charge in [0.25, 0.3) is 0 Å². The second-order valence-electron chi connectivity index (χ2n) is 6.43. The third kappa shape index (κ3) is 3.15. The summed E-state index contributed by atoms with van der Waals surface area (Å²) < 4.78 is 18.9. The van der Waals surface area contributed by atoms with E-state index in [1.807, 2.05) is 6.07 Å². The number of hydrogen-bond donors (Lipinski definition) is 2. The summed E-state index contributed by atoms with van der Waals surface area (Å²) in [6, 6.07) is 6.83. The predicted molar refractivity (Wildman–Crippen MR) is 91.7 cm³/mol. The third-order valence-electron chi connectivity index (χ3n) is 4.52. The van der Waals surface area contributed by atoms with Crippen molar-refractivity contribution in [1.82, 2.24) is 15.0 Å². The van der Waals surface area contributed by atoms with E-state index < -0.39 is 0 Å². The Morgan fingerprint density at radius 1 is 1.48 bits per heavy atom. The summed E-state index contributed by atoms with van der Waals surface area (Å²) in [4.78, 5) is 17.5. The maximum atomic E-state index is 14.0. The largest absolute Gasteiger partial charge is 0.360 e. The number of carbonyl (C=O) groups excluding carboxylic acids is 1. The number of aryl methyl sites for hydroxylation is 2. The summed E-state index contributed by atoms with van der Waals surface area (Å²) in [6.45, 7) is 3.43. The van der Waals surface area contributed by atoms with Gasteiger partial charge in [0, 0.05) is 23.7 Å². The van der Waals surface area contributed by atoms with Crippen LogP contribution < -0.4 is 5.32 Å². The zero-order valence-electron chi connectivity index (χ0n) is 13.9. The average molecular weight is 342 g/mol. The number of nitrogens with one attached hydrogen (secondary N) is 2. The van der Waals surface area contributed by atoms with Gasteiger partial charge in [-0.25, -0.2) is 4.39 Å². The molecule has 2 N–H and O–H groups in total. The summed E-state index contributed by atoms with van der Waals surface area (Å²) in [5, 5.41) is 7.45. The molecule has 1 aliphatic rings. The van der Waals surface area contributed by atoms with Gasteiger partial charge < -0.3 is 14.8 Å². The molecule has 0 atom stereocenters. The highest BCUT2D eigenvalue weighted by Gasteiger charge is 2.21. The maximum absolute atomic E-state index is 14.0. The number of para-hydroxylation sites is 1. The molecule has 0 saturated carbocycles. The molecule has 2 aromatic heterocycles. The Morgan fingerprint density at radius 2 is 2.36 bits per heavy atom. The Kier molecular flexibility index (Phi) is 4.01. The number of nitrogens with zero attached hydrogens (tertiary/aromatic N) is 2. The van der Waals surface area contributed by atoms with Crippen LogP contribution in [0, 0.1) is 12.7 Å². The van der Waals surface area contributed by atoms with Crippen LogP contribution in [0.4, 0.5) is 10.2 Å². The Hall–Kier alpha value is -2.67. The molecular formula is C18H19FN4O2. The molecule has 1 aromatic carbocycles. The summed E-state index contributed by atoms with van der Waals surface area (Å²) in [5.74, 6) is 0.691. The zero-order chi connectivity index (χ0) is 17.4. The molecule has 7 heteroatoms. The number of aromatic nitrogens is 2. The fourth-order valence-electron chi connectivity index (χ4n) is 3.44. The SMILES string of the molecule is Cc1cc(NC(=O)CN2CCCc3c([nH]c4c(F)cccc34)C2)no1. The van der Waals surface area contributed by atoms with Crippen LogP contribution in [0.1, 0.15) is 23.4 Å². The minimum atomic E-state index is -0.240. The number of benzene rings is 1. The van der Waals surface area contributed by atoms with Gasteiger partial charge in [-0.05, 0) is 37.9 Å². The number of halogens is 1. The number of carbonyl (C=O) groups is 1. The molecule has 0 saturated heterocycles. The molecular weight excluding hydrogens is 323 g/mol. The minimum Gasteiger partial charge on any atom is -0.360 e. The summed E-state index contributed by atoms with van der Waals surface area (Å²) >= 11 is 0. The highest BCUT2D eigenvalue weighted by Crippen LogP contribution is 2.28. The van der Waals surface area contributed by atoms with Gasteiger partial charge in [0.05, 0.1) is 12.1 Å². The van der Waals surface area contributed by atoms with Crippen molar-refractivity contribution in [2.75, 3.05) is 18.4 Å². The van der Waals surface area contributed by atoms with Crippen molar-refractivity contribution in [3.05, 3.63) is 47.1 Å². The number of hydrogen-bond acceptors (Lipinski definition) is 4. The van der Waals surface area contributed by atoms with E-state index in [1.54, 1.807) is 19.1 Å². The Balaban J connectivity index is 1.50. The monoisotopic (exact) mass is 342 g/mol. The van der Waals surface area contributed by atoms with Gasteiger partial charge in [-0.15, -0.1) is 0 Å². The zero-order valence-corrected chi connectivity index (χ0v) is 13.9. The molecule has 0 spiro atoms. The van der Waals surface area contributed by atoms with Crippen LogP contribution in [0.3, 0.4) is 0 Å². The van der Waals surface area contributed by atoms with Crippen molar-refractivity contribution < 1.29 is 13.7 Å². The van der Waals surface area contributed by atoms with Gasteiger partial charge in [-0.1, -0.05) is 17.3 Å². The van der Waals surface area contributed by atoms with Gasteiger partial charge in [0.15, 0.2) is 5.82 Å². The van der Waals surface area contributed by atoms with Crippen molar-refractivity contribution in [2.45, 2.75) is 26.3 Å². The van der Waals surface area contributed by atoms with Gasteiger partial charge >= 0.3 is 0 Å². The lowest BCUT2D eigenvalue weighted by molar-refractivity contribution is -0.117. The molecule has 0 unspecified atom stereocenters. The van der Waals surface area contributed by atoms with E-state index >= 15 is 0 Å². The lowest BCUT2D eigenvalue weighted by atomic mass is 10.1. The summed E-state index contributed by atoms with van der Waals surface area (Å²) in [7, 11) is 0. The molecule has 25 heavy (non-hydrogen) atoms. The van der Waals surface area contributed by atoms with E-state index in [2.05, 4.69) is 20.4 Å². The normalized spacial score (nSPS) is 15.1. The average Bonchev–Trinajstić information content (AvgIpc) is 3.06. The van der Waals surface area contributed by atoms with Crippen LogP contribution in [0.5, 0.6) is 0 Å². The van der Waals surface area contributed by atoms with Crippen molar-refractivity contribution in [1.29, 1.82) is 0 Å². The molecule has 130 valence electrons. The summed E-state index contributed by atoms with van der Waals surface area (Å²) in [6.07, 6.45) is 1.80. The first kappa shape index (κ1) is 15.8. The highest BCUT2D eigenvalue weighted by atomic mass is 19.1. The van der Waals surface area contributed by atoms with Crippen molar-refractivity contribution >= 4 is 22.6 Å². The van der Waals surface area contributed by atoms with Crippen LogP contribution in [0.25, 0.3) is 10.9 Å². The van der Waals surface area contributed by atoms with E-state index in [1.165, 1.54) is 6.07 Å². The molecule has 1 aliphatic heterocycles. The standard InChI is InChI=1S/C18H19FN4O2/c1-11-8-16(22-25-11)21-17(24)10-23-7-3-5-12-13-4-2-6-14(19)18(13)20-15(12)9-23/h2,4,6,8,20H,3,5,7,9-10H2,1H3,(H,21,22,24). The Morgan fingerprint density at radius 3 is 3.16 bits per heavy atom. The molecule has 0 fully saturated rings. The van der Waals surface area contributed by atoms with Crippen LogP contribution in [-0.2, 0) is 17.8 Å². The first-order chi connectivity index (χ1) is 12.1. The van der Waals surface area contributed by atoms with Crippen molar-refractivity contribution in [3.63, 3.8) is 0 Å². The molecule has 3 heterocycles. The number of rotatable bonds is 3. The quantitative estimate of drug-likeness (QED) is 0.767. The lowest BCUT2D eigenvalue weighted by Crippen LogP contribution is -2.33. The first-order valence-electron chi connectivity index (χ1n) is 8.33. The molecule has 0 bridgehead atoms. The van der Waals surface area contributed by atoms with Gasteiger partial charge in [-0.3, -0.25) is 9.69 Å². The first-order valence-corrected chi connectivity index (χ1v) is 8.33. The Labute approximate surface area is 144 Å². The smallest absolute Gasteiger partial charge is 0.239 e. The molecule has 0 radical (unpaired) electrons. The third-order valence-corrected chi connectivity index (χ3v) is 4.52. The number of fused-ring (bicyclic) bond motifs is 3. The fraction of sp³-hybridized carbons (Fsp3) is 0.333. The molecule has 0 aliphatic carbocycles. The second kappa shape index (κ2) is 6.33. The molecule has 6 nitrogen and oxygen atoms in total. The minimum absolute atomic E-state index is 0.140. The van der Waals surface area contributed by atoms with Crippen LogP contribution in [0.2, 0.25) is 0 Å². The van der Waals surface area contributed by atoms with Crippen molar-refractivity contribution in [3.8, 4) is 0 Å². The van der Waals surface area contributed by atoms with E-state index in [0.29, 0.717) is 23.6 Å². The predicted octanol–water partition coefficient (Wildman–Crippen LogP) is 2.99. The van der Waals surface area contributed by atoms with Crippen LogP contribution in [-0.4, -0.2) is 34.0 Å². The number of H-pyrrole nitrogens is 1. The number of aromatic amines is 1. The number of amides is 1. The van der Waals surface area contributed by atoms with E-state index in [0.717, 1.165) is 36.0 Å². The van der Waals surface area contributed by atoms with E-state index in [9.17, 15) is 9.18 Å². The van der Waals surface area contributed by atoms with E-state index in [4.69, 9.17) is 4.52 Å². The van der Waals surface area contributed by atoms with Gasteiger partial charge in [0.1, 0.15) is 11.6 Å². The highest BCUT2D eigenvalue weighted by molar-refractivity contribution is 5.91. The second-order valence-corrected chi connectivity index (χ2v) is 6.43. The lowest BCUT2D eigenvalue weighted by Gasteiger charge is -2.18. The Bertz CT molecular complexity index is 930. The molecule has 4 rings (SSSR count). The van der Waals surface area contributed by atoms with Crippen molar-refractivity contribution in [2.24, 2.45) is 0 Å². The van der Waals surface area contributed by atoms with Gasteiger partial charge in [0.2, 0.25) is 5.91 Å². The molecule has 3 aromatic rings. The summed E-state index contributed by atoms with van der Waals surface area (Å²) in [5.41, 5.74) is 2.70. The molecule has 1 amide bonds.